The molecular formula is C15H20Br2S. The summed E-state index contributed by atoms with van der Waals surface area (Å²) in [6.45, 7) is 4.69. The highest BCUT2D eigenvalue weighted by Crippen LogP contribution is 2.45. The van der Waals surface area contributed by atoms with Crippen LogP contribution in [0.4, 0.5) is 0 Å². The van der Waals surface area contributed by atoms with Gasteiger partial charge < -0.3 is 0 Å². The van der Waals surface area contributed by atoms with Crippen molar-refractivity contribution in [2.24, 2.45) is 11.3 Å². The van der Waals surface area contributed by atoms with Gasteiger partial charge in [0.25, 0.3) is 0 Å². The van der Waals surface area contributed by atoms with Gasteiger partial charge in [-0.1, -0.05) is 63.9 Å². The van der Waals surface area contributed by atoms with Crippen LogP contribution in [-0.4, -0.2) is 15.9 Å². The first-order chi connectivity index (χ1) is 8.61. The molecule has 1 aromatic carbocycles. The minimum atomic E-state index is 0.375. The van der Waals surface area contributed by atoms with Crippen molar-refractivity contribution in [2.45, 2.75) is 36.8 Å². The molecule has 0 amide bonds. The van der Waals surface area contributed by atoms with E-state index in [2.05, 4.69) is 81.7 Å². The molecule has 1 atom stereocenters. The Hall–Kier alpha value is 0.530. The molecule has 0 aliphatic carbocycles. The fourth-order valence-corrected chi connectivity index (χ4v) is 6.69. The smallest absolute Gasteiger partial charge is 0.0141 e. The van der Waals surface area contributed by atoms with E-state index >= 15 is 0 Å². The summed E-state index contributed by atoms with van der Waals surface area (Å²) in [6.07, 6.45) is 2.51. The number of hydrogen-bond donors (Lipinski definition) is 0. The summed E-state index contributed by atoms with van der Waals surface area (Å²) < 4.78 is 0. The first-order valence-electron chi connectivity index (χ1n) is 6.48. The molecule has 0 radical (unpaired) electrons. The molecule has 0 saturated heterocycles. The Morgan fingerprint density at radius 3 is 2.50 bits per heavy atom. The van der Waals surface area contributed by atoms with Gasteiger partial charge in [0.15, 0.2) is 0 Å². The summed E-state index contributed by atoms with van der Waals surface area (Å²) >= 11 is 9.54. The molecule has 0 N–H and O–H groups in total. The molecule has 1 aromatic rings. The van der Waals surface area contributed by atoms with Crippen molar-refractivity contribution in [3.63, 3.8) is 0 Å². The molecule has 100 valence electrons. The zero-order chi connectivity index (χ0) is 13.2. The molecule has 0 bridgehead atoms. The number of rotatable bonds is 5. The van der Waals surface area contributed by atoms with E-state index in [9.17, 15) is 0 Å². The SMILES string of the molecule is CC(C)C(CBr)(CBr)CC1Cc2ccccc2S1. The molecule has 2 rings (SSSR count). The van der Waals surface area contributed by atoms with E-state index in [1.807, 2.05) is 0 Å². The van der Waals surface area contributed by atoms with Gasteiger partial charge in [0, 0.05) is 20.8 Å². The van der Waals surface area contributed by atoms with Crippen molar-refractivity contribution in [1.29, 1.82) is 0 Å². The van der Waals surface area contributed by atoms with E-state index in [1.165, 1.54) is 23.3 Å². The fourth-order valence-electron chi connectivity index (χ4n) is 2.51. The van der Waals surface area contributed by atoms with Crippen LogP contribution in [0.3, 0.4) is 0 Å². The van der Waals surface area contributed by atoms with Crippen LogP contribution >= 0.6 is 43.6 Å². The first kappa shape index (κ1) is 14.9. The summed E-state index contributed by atoms with van der Waals surface area (Å²) in [5, 5.41) is 2.90. The molecule has 3 heteroatoms. The summed E-state index contributed by atoms with van der Waals surface area (Å²) in [5.74, 6) is 0.695. The molecule has 0 fully saturated rings. The summed E-state index contributed by atoms with van der Waals surface area (Å²) in [7, 11) is 0. The van der Waals surface area contributed by atoms with E-state index < -0.39 is 0 Å². The third-order valence-electron chi connectivity index (χ3n) is 4.11. The van der Waals surface area contributed by atoms with Crippen LogP contribution in [0.2, 0.25) is 0 Å². The van der Waals surface area contributed by atoms with Crippen LogP contribution < -0.4 is 0 Å². The van der Waals surface area contributed by atoms with Gasteiger partial charge in [0.1, 0.15) is 0 Å². The second kappa shape index (κ2) is 6.32. The van der Waals surface area contributed by atoms with Gasteiger partial charge in [-0.3, -0.25) is 0 Å². The predicted octanol–water partition coefficient (Wildman–Crippen LogP) is 5.53. The Labute approximate surface area is 132 Å². The second-order valence-electron chi connectivity index (χ2n) is 5.54. The highest BCUT2D eigenvalue weighted by molar-refractivity contribution is 9.09. The Balaban J connectivity index is 2.08. The molecule has 1 aliphatic heterocycles. The van der Waals surface area contributed by atoms with Crippen LogP contribution in [0, 0.1) is 11.3 Å². The van der Waals surface area contributed by atoms with E-state index in [-0.39, 0.29) is 0 Å². The largest absolute Gasteiger partial charge is 0.122 e. The molecule has 0 spiro atoms. The molecule has 0 saturated carbocycles. The quantitative estimate of drug-likeness (QED) is 0.595. The highest BCUT2D eigenvalue weighted by Gasteiger charge is 2.36. The first-order valence-corrected chi connectivity index (χ1v) is 9.60. The summed E-state index contributed by atoms with van der Waals surface area (Å²) in [4.78, 5) is 1.49. The molecule has 1 aliphatic rings. The average molecular weight is 392 g/mol. The maximum Gasteiger partial charge on any atom is 0.0141 e. The minimum Gasteiger partial charge on any atom is -0.122 e. The Bertz CT molecular complexity index is 374. The van der Waals surface area contributed by atoms with Gasteiger partial charge in [0.2, 0.25) is 0 Å². The van der Waals surface area contributed by atoms with Gasteiger partial charge >= 0.3 is 0 Å². The van der Waals surface area contributed by atoms with Crippen LogP contribution in [0.5, 0.6) is 0 Å². The maximum atomic E-state index is 3.74. The van der Waals surface area contributed by atoms with Gasteiger partial charge in [-0.15, -0.1) is 11.8 Å². The Morgan fingerprint density at radius 2 is 1.94 bits per heavy atom. The number of benzene rings is 1. The lowest BCUT2D eigenvalue weighted by molar-refractivity contribution is 0.246. The number of alkyl halides is 2. The molecule has 0 nitrogen and oxygen atoms in total. The summed E-state index contributed by atoms with van der Waals surface area (Å²) in [6, 6.07) is 8.85. The van der Waals surface area contributed by atoms with E-state index in [4.69, 9.17) is 0 Å². The molecule has 1 unspecified atom stereocenters. The third-order valence-corrected chi connectivity index (χ3v) is 7.66. The van der Waals surface area contributed by atoms with Gasteiger partial charge in [-0.05, 0) is 35.8 Å². The normalized spacial score (nSPS) is 19.3. The van der Waals surface area contributed by atoms with Crippen LogP contribution in [-0.2, 0) is 6.42 Å². The Kier molecular flexibility index (Phi) is 5.24. The third kappa shape index (κ3) is 2.99. The van der Waals surface area contributed by atoms with Crippen molar-refractivity contribution in [1.82, 2.24) is 0 Å². The number of thioether (sulfide) groups is 1. The molecule has 1 heterocycles. The molecule has 18 heavy (non-hydrogen) atoms. The number of halogens is 2. The van der Waals surface area contributed by atoms with E-state index in [1.54, 1.807) is 0 Å². The van der Waals surface area contributed by atoms with Crippen LogP contribution in [0.15, 0.2) is 29.2 Å². The number of fused-ring (bicyclic) bond motifs is 1. The lowest BCUT2D eigenvalue weighted by Gasteiger charge is -2.36. The topological polar surface area (TPSA) is 0 Å². The van der Waals surface area contributed by atoms with Gasteiger partial charge in [-0.2, -0.15) is 0 Å². The van der Waals surface area contributed by atoms with Crippen LogP contribution in [0.25, 0.3) is 0 Å². The van der Waals surface area contributed by atoms with Crippen LogP contribution in [0.1, 0.15) is 25.8 Å². The number of hydrogen-bond acceptors (Lipinski definition) is 1. The van der Waals surface area contributed by atoms with Crippen molar-refractivity contribution in [3.05, 3.63) is 29.8 Å². The average Bonchev–Trinajstić information content (AvgIpc) is 2.77. The lowest BCUT2D eigenvalue weighted by Crippen LogP contribution is -2.34. The van der Waals surface area contributed by atoms with Crippen molar-refractivity contribution in [3.8, 4) is 0 Å². The van der Waals surface area contributed by atoms with Crippen molar-refractivity contribution < 1.29 is 0 Å². The van der Waals surface area contributed by atoms with Gasteiger partial charge in [-0.25, -0.2) is 0 Å². The zero-order valence-corrected chi connectivity index (χ0v) is 14.9. The lowest BCUT2D eigenvalue weighted by atomic mass is 9.76. The van der Waals surface area contributed by atoms with Crippen molar-refractivity contribution >= 4 is 43.6 Å². The van der Waals surface area contributed by atoms with E-state index in [0.29, 0.717) is 11.3 Å². The van der Waals surface area contributed by atoms with E-state index in [0.717, 1.165) is 15.9 Å². The molecule has 0 aromatic heterocycles. The predicted molar refractivity (Wildman–Crippen MR) is 89.3 cm³/mol. The zero-order valence-electron chi connectivity index (χ0n) is 11.0. The van der Waals surface area contributed by atoms with Crippen molar-refractivity contribution in [2.75, 3.05) is 10.7 Å². The molecular weight excluding hydrogens is 372 g/mol. The summed E-state index contributed by atoms with van der Waals surface area (Å²) in [5.41, 5.74) is 1.91. The second-order valence-corrected chi connectivity index (χ2v) is 8.00. The van der Waals surface area contributed by atoms with Gasteiger partial charge in [0.05, 0.1) is 0 Å². The monoisotopic (exact) mass is 390 g/mol. The minimum absolute atomic E-state index is 0.375. The fraction of sp³-hybridized carbons (Fsp3) is 0.600. The Morgan fingerprint density at radius 1 is 1.28 bits per heavy atom. The standard InChI is InChI=1S/C15H20Br2S/c1-11(2)15(9-16,10-17)8-13-7-12-5-3-4-6-14(12)18-13/h3-6,11,13H,7-10H2,1-2H3. The highest BCUT2D eigenvalue weighted by atomic mass is 79.9. The maximum absolute atomic E-state index is 3.74.